The number of hydrogen-bond donors (Lipinski definition) is 1. The van der Waals surface area contributed by atoms with Crippen LogP contribution in [0.2, 0.25) is 0 Å². The van der Waals surface area contributed by atoms with Crippen LogP contribution in [0.1, 0.15) is 42.1 Å². The summed E-state index contributed by atoms with van der Waals surface area (Å²) in [5.41, 5.74) is 0.953. The zero-order valence-corrected chi connectivity index (χ0v) is 15.0. The summed E-state index contributed by atoms with van der Waals surface area (Å²) < 4.78 is 23.5. The molecule has 1 unspecified atom stereocenters. The number of carbonyl (C=O) groups is 1. The molecule has 0 aromatic heterocycles. The van der Waals surface area contributed by atoms with Crippen LogP contribution < -0.4 is 5.32 Å². The van der Waals surface area contributed by atoms with Crippen LogP contribution in [0.3, 0.4) is 0 Å². The van der Waals surface area contributed by atoms with Gasteiger partial charge in [0.2, 0.25) is 0 Å². The average Bonchev–Trinajstić information content (AvgIpc) is 3.14. The molecule has 1 aliphatic carbocycles. The number of hydrogen-bond acceptors (Lipinski definition) is 3. The van der Waals surface area contributed by atoms with Crippen LogP contribution in [0, 0.1) is 12.8 Å². The third-order valence-electron chi connectivity index (χ3n) is 3.51. The monoisotopic (exact) mass is 393 g/mol. The molecule has 1 aromatic carbocycles. The van der Waals surface area contributed by atoms with Crippen molar-refractivity contribution in [3.63, 3.8) is 0 Å². The average molecular weight is 395 g/mol. The molecule has 1 amide bonds. The molecule has 1 aliphatic rings. The first-order chi connectivity index (χ1) is 9.68. The predicted molar refractivity (Wildman–Crippen MR) is 86.2 cm³/mol. The molecule has 0 spiro atoms. The van der Waals surface area contributed by atoms with E-state index in [9.17, 15) is 13.2 Å². The molecule has 2 rings (SSSR count). The fourth-order valence-electron chi connectivity index (χ4n) is 2.27. The number of aryl methyl sites for hydroxylation is 1. The normalized spacial score (nSPS) is 16.6. The predicted octanol–water partition coefficient (Wildman–Crippen LogP) is 3.60. The first kappa shape index (κ1) is 16.8. The van der Waals surface area contributed by atoms with Gasteiger partial charge in [0, 0.05) is 26.8 Å². The Morgan fingerprint density at radius 2 is 2.10 bits per heavy atom. The van der Waals surface area contributed by atoms with E-state index in [1.807, 2.05) is 6.92 Å². The molecule has 4 nitrogen and oxygen atoms in total. The van der Waals surface area contributed by atoms with E-state index >= 15 is 0 Å². The van der Waals surface area contributed by atoms with Crippen molar-refractivity contribution in [2.75, 3.05) is 0 Å². The van der Waals surface area contributed by atoms with Crippen LogP contribution in [0.5, 0.6) is 0 Å². The molecular formula is C14H17BrClNO3S. The molecule has 7 heteroatoms. The van der Waals surface area contributed by atoms with Crippen molar-refractivity contribution in [1.82, 2.24) is 5.32 Å². The molecule has 116 valence electrons. The Kier molecular flexibility index (Phi) is 5.00. The fourth-order valence-corrected chi connectivity index (χ4v) is 4.42. The first-order valence-corrected chi connectivity index (χ1v) is 9.84. The van der Waals surface area contributed by atoms with Crippen molar-refractivity contribution >= 4 is 41.6 Å². The van der Waals surface area contributed by atoms with Crippen LogP contribution in [-0.4, -0.2) is 20.4 Å². The van der Waals surface area contributed by atoms with E-state index in [1.165, 1.54) is 18.9 Å². The van der Waals surface area contributed by atoms with Gasteiger partial charge in [0.05, 0.1) is 4.90 Å². The second-order valence-corrected chi connectivity index (χ2v) is 8.92. The quantitative estimate of drug-likeness (QED) is 0.776. The van der Waals surface area contributed by atoms with Crippen molar-refractivity contribution in [2.45, 2.75) is 44.0 Å². The third kappa shape index (κ3) is 4.44. The van der Waals surface area contributed by atoms with Crippen molar-refractivity contribution in [3.8, 4) is 0 Å². The Balaban J connectivity index is 2.22. The van der Waals surface area contributed by atoms with Gasteiger partial charge in [0.15, 0.2) is 0 Å². The van der Waals surface area contributed by atoms with Crippen LogP contribution >= 0.6 is 26.6 Å². The summed E-state index contributed by atoms with van der Waals surface area (Å²) in [6.07, 6.45) is 3.42. The molecule has 21 heavy (non-hydrogen) atoms. The van der Waals surface area contributed by atoms with Crippen molar-refractivity contribution in [2.24, 2.45) is 5.92 Å². The van der Waals surface area contributed by atoms with Crippen molar-refractivity contribution < 1.29 is 13.2 Å². The Bertz CT molecular complexity index is 671. The van der Waals surface area contributed by atoms with E-state index in [1.54, 1.807) is 13.0 Å². The molecule has 1 atom stereocenters. The minimum atomic E-state index is -3.90. The van der Waals surface area contributed by atoms with Gasteiger partial charge in [-0.1, -0.05) is 12.8 Å². The Labute approximate surface area is 137 Å². The van der Waals surface area contributed by atoms with E-state index in [4.69, 9.17) is 10.7 Å². The van der Waals surface area contributed by atoms with E-state index < -0.39 is 9.05 Å². The molecule has 1 fully saturated rings. The minimum absolute atomic E-state index is 0.0741. The van der Waals surface area contributed by atoms with Crippen LogP contribution in [-0.2, 0) is 9.05 Å². The zero-order chi connectivity index (χ0) is 15.8. The van der Waals surface area contributed by atoms with Gasteiger partial charge in [0.1, 0.15) is 0 Å². The lowest BCUT2D eigenvalue weighted by Gasteiger charge is -2.14. The van der Waals surface area contributed by atoms with Crippen LogP contribution in [0.15, 0.2) is 21.5 Å². The number of amides is 1. The van der Waals surface area contributed by atoms with Gasteiger partial charge in [-0.3, -0.25) is 4.79 Å². The van der Waals surface area contributed by atoms with Gasteiger partial charge in [-0.25, -0.2) is 8.42 Å². The third-order valence-corrected chi connectivity index (χ3v) is 6.17. The summed E-state index contributed by atoms with van der Waals surface area (Å²) in [6, 6.07) is 3.03. The molecule has 1 aromatic rings. The number of nitrogens with one attached hydrogen (secondary N) is 1. The van der Waals surface area contributed by atoms with Gasteiger partial charge in [-0.15, -0.1) is 0 Å². The molecular weight excluding hydrogens is 378 g/mol. The van der Waals surface area contributed by atoms with Crippen molar-refractivity contribution in [1.29, 1.82) is 0 Å². The van der Waals surface area contributed by atoms with Gasteiger partial charge >= 0.3 is 0 Å². The second kappa shape index (κ2) is 6.26. The highest BCUT2D eigenvalue weighted by Gasteiger charge is 2.25. The fraction of sp³-hybridized carbons (Fsp3) is 0.500. The summed E-state index contributed by atoms with van der Waals surface area (Å²) in [5, 5.41) is 2.90. The Hall–Kier alpha value is -0.590. The topological polar surface area (TPSA) is 63.2 Å². The standard InChI is InChI=1S/C14H17BrClNO3S/c1-8-5-11(7-12(13(8)15)21(16,19)20)14(18)17-9(2)6-10-3-4-10/h5,7,9-10H,3-4,6H2,1-2H3,(H,17,18). The highest BCUT2D eigenvalue weighted by atomic mass is 79.9. The van der Waals surface area contributed by atoms with E-state index in [2.05, 4.69) is 21.2 Å². The second-order valence-electron chi connectivity index (χ2n) is 5.60. The number of carbonyl (C=O) groups excluding carboxylic acids is 1. The summed E-state index contributed by atoms with van der Waals surface area (Å²) >= 11 is 3.20. The van der Waals surface area contributed by atoms with Crippen molar-refractivity contribution in [3.05, 3.63) is 27.7 Å². The molecule has 0 radical (unpaired) electrons. The minimum Gasteiger partial charge on any atom is -0.350 e. The van der Waals surface area contributed by atoms with E-state index in [0.29, 0.717) is 21.5 Å². The first-order valence-electron chi connectivity index (χ1n) is 6.74. The zero-order valence-electron chi connectivity index (χ0n) is 11.8. The molecule has 0 aliphatic heterocycles. The van der Waals surface area contributed by atoms with Gasteiger partial charge < -0.3 is 5.32 Å². The Morgan fingerprint density at radius 1 is 1.48 bits per heavy atom. The summed E-state index contributed by atoms with van der Waals surface area (Å²) in [6.45, 7) is 3.68. The SMILES string of the molecule is Cc1cc(C(=O)NC(C)CC2CC2)cc(S(=O)(=O)Cl)c1Br. The number of rotatable bonds is 5. The van der Waals surface area contributed by atoms with Crippen LogP contribution in [0.4, 0.5) is 0 Å². The van der Waals surface area contributed by atoms with E-state index in [0.717, 1.165) is 6.42 Å². The molecule has 0 heterocycles. The summed E-state index contributed by atoms with van der Waals surface area (Å²) in [7, 11) is 1.50. The molecule has 1 N–H and O–H groups in total. The van der Waals surface area contributed by atoms with Gasteiger partial charge in [-0.2, -0.15) is 0 Å². The largest absolute Gasteiger partial charge is 0.350 e. The van der Waals surface area contributed by atoms with E-state index in [-0.39, 0.29) is 16.8 Å². The maximum Gasteiger partial charge on any atom is 0.262 e. The molecule has 0 bridgehead atoms. The lowest BCUT2D eigenvalue weighted by Crippen LogP contribution is -2.33. The lowest BCUT2D eigenvalue weighted by atomic mass is 10.1. The Morgan fingerprint density at radius 3 is 2.62 bits per heavy atom. The summed E-state index contributed by atoms with van der Waals surface area (Å²) in [5.74, 6) is 0.436. The molecule has 0 saturated heterocycles. The maximum atomic E-state index is 12.2. The smallest absolute Gasteiger partial charge is 0.262 e. The van der Waals surface area contributed by atoms with Gasteiger partial charge in [-0.05, 0) is 59.8 Å². The number of halogens is 2. The lowest BCUT2D eigenvalue weighted by molar-refractivity contribution is 0.0937. The maximum absolute atomic E-state index is 12.2. The van der Waals surface area contributed by atoms with Crippen LogP contribution in [0.25, 0.3) is 0 Å². The van der Waals surface area contributed by atoms with Gasteiger partial charge in [0.25, 0.3) is 15.0 Å². The highest BCUT2D eigenvalue weighted by molar-refractivity contribution is 9.10. The number of benzene rings is 1. The highest BCUT2D eigenvalue weighted by Crippen LogP contribution is 2.33. The molecule has 1 saturated carbocycles. The summed E-state index contributed by atoms with van der Waals surface area (Å²) in [4.78, 5) is 12.2.